The quantitative estimate of drug-likeness (QED) is 0.807. The van der Waals surface area contributed by atoms with E-state index < -0.39 is 0 Å². The molecule has 3 nitrogen and oxygen atoms in total. The molecule has 0 unspecified atom stereocenters. The Morgan fingerprint density at radius 3 is 2.40 bits per heavy atom. The normalized spacial score (nSPS) is 10.6. The van der Waals surface area contributed by atoms with E-state index in [2.05, 4.69) is 35.5 Å². The number of hydrogen-bond acceptors (Lipinski definition) is 2. The molecule has 0 aliphatic carbocycles. The molecule has 0 radical (unpaired) electrons. The van der Waals surface area contributed by atoms with Gasteiger partial charge in [-0.2, -0.15) is 0 Å². The summed E-state index contributed by atoms with van der Waals surface area (Å²) in [7, 11) is 0. The van der Waals surface area contributed by atoms with E-state index >= 15 is 0 Å². The molecule has 2 aromatic heterocycles. The number of aryl methyl sites for hydroxylation is 2. The Balaban J connectivity index is 2.53. The van der Waals surface area contributed by atoms with Crippen LogP contribution in [-0.4, -0.2) is 9.55 Å². The third kappa shape index (κ3) is 1.78. The number of pyridine rings is 1. The Kier molecular flexibility index (Phi) is 2.56. The number of hydrogen-bond donors (Lipinski definition) is 1. The molecule has 0 amide bonds. The van der Waals surface area contributed by atoms with E-state index in [0.29, 0.717) is 6.54 Å². The van der Waals surface area contributed by atoms with Crippen molar-refractivity contribution in [3.63, 3.8) is 0 Å². The largest absolute Gasteiger partial charge is 0.325 e. The van der Waals surface area contributed by atoms with Gasteiger partial charge in [-0.25, -0.2) is 4.98 Å². The van der Waals surface area contributed by atoms with Gasteiger partial charge in [0.05, 0.1) is 5.69 Å². The minimum absolute atomic E-state index is 0.479. The zero-order valence-corrected chi connectivity index (χ0v) is 9.07. The predicted octanol–water partition coefficient (Wildman–Crippen LogP) is 1.95. The summed E-state index contributed by atoms with van der Waals surface area (Å²) in [6.07, 6.45) is 0. The molecule has 0 fully saturated rings. The third-order valence-corrected chi connectivity index (χ3v) is 2.50. The topological polar surface area (TPSA) is 43.8 Å². The second-order valence-electron chi connectivity index (χ2n) is 3.64. The molecule has 0 saturated heterocycles. The van der Waals surface area contributed by atoms with Gasteiger partial charge in [0.1, 0.15) is 5.82 Å². The van der Waals surface area contributed by atoms with E-state index in [1.165, 1.54) is 11.4 Å². The molecule has 2 heterocycles. The zero-order valence-electron chi connectivity index (χ0n) is 9.07. The van der Waals surface area contributed by atoms with Crippen LogP contribution in [0, 0.1) is 13.8 Å². The van der Waals surface area contributed by atoms with Gasteiger partial charge in [0, 0.05) is 17.9 Å². The molecule has 15 heavy (non-hydrogen) atoms. The molecule has 0 atom stereocenters. The molecule has 0 bridgehead atoms. The van der Waals surface area contributed by atoms with Crippen LogP contribution in [0.5, 0.6) is 0 Å². The molecule has 0 aliphatic heterocycles. The molecule has 0 aromatic carbocycles. The van der Waals surface area contributed by atoms with Crippen LogP contribution in [0.1, 0.15) is 17.1 Å². The molecule has 2 aromatic rings. The summed E-state index contributed by atoms with van der Waals surface area (Å²) >= 11 is 0. The maximum Gasteiger partial charge on any atom is 0.137 e. The number of nitrogens with zero attached hydrogens (tertiary/aromatic N) is 2. The van der Waals surface area contributed by atoms with E-state index in [0.717, 1.165) is 11.5 Å². The van der Waals surface area contributed by atoms with Crippen molar-refractivity contribution in [1.29, 1.82) is 0 Å². The highest BCUT2D eigenvalue weighted by atomic mass is 15.1. The van der Waals surface area contributed by atoms with Crippen LogP contribution in [0.2, 0.25) is 0 Å². The summed E-state index contributed by atoms with van der Waals surface area (Å²) in [5, 5.41) is 0. The van der Waals surface area contributed by atoms with Crippen molar-refractivity contribution in [2.75, 3.05) is 0 Å². The first kappa shape index (κ1) is 9.93. The zero-order chi connectivity index (χ0) is 10.8. The maximum atomic E-state index is 5.58. The van der Waals surface area contributed by atoms with Crippen LogP contribution in [0.3, 0.4) is 0 Å². The van der Waals surface area contributed by atoms with Crippen molar-refractivity contribution >= 4 is 0 Å². The summed E-state index contributed by atoms with van der Waals surface area (Å²) in [6.45, 7) is 4.63. The number of aromatic nitrogens is 2. The summed E-state index contributed by atoms with van der Waals surface area (Å²) in [5.41, 5.74) is 8.87. The smallest absolute Gasteiger partial charge is 0.137 e. The minimum Gasteiger partial charge on any atom is -0.325 e. The van der Waals surface area contributed by atoms with Crippen LogP contribution in [0.25, 0.3) is 5.82 Å². The first-order valence-corrected chi connectivity index (χ1v) is 5.03. The highest BCUT2D eigenvalue weighted by Crippen LogP contribution is 2.14. The predicted molar refractivity (Wildman–Crippen MR) is 60.9 cm³/mol. The molecular weight excluding hydrogens is 186 g/mol. The Morgan fingerprint density at radius 1 is 1.13 bits per heavy atom. The summed E-state index contributed by atoms with van der Waals surface area (Å²) in [6, 6.07) is 10.1. The SMILES string of the molecule is Cc1ccc(C)n1-c1cccc(CN)n1. The first-order chi connectivity index (χ1) is 7.22. The van der Waals surface area contributed by atoms with Crippen molar-refractivity contribution in [2.24, 2.45) is 5.73 Å². The molecule has 0 saturated carbocycles. The third-order valence-electron chi connectivity index (χ3n) is 2.50. The number of nitrogens with two attached hydrogens (primary N) is 1. The van der Waals surface area contributed by atoms with Gasteiger partial charge in [0.25, 0.3) is 0 Å². The molecule has 2 N–H and O–H groups in total. The Bertz CT molecular complexity index is 452. The fourth-order valence-corrected chi connectivity index (χ4v) is 1.73. The summed E-state index contributed by atoms with van der Waals surface area (Å²) in [5.74, 6) is 0.943. The fourth-order valence-electron chi connectivity index (χ4n) is 1.73. The van der Waals surface area contributed by atoms with Gasteiger partial charge in [-0.15, -0.1) is 0 Å². The van der Waals surface area contributed by atoms with Crippen molar-refractivity contribution in [3.8, 4) is 5.82 Å². The van der Waals surface area contributed by atoms with E-state index in [9.17, 15) is 0 Å². The van der Waals surface area contributed by atoms with Crippen molar-refractivity contribution in [3.05, 3.63) is 47.4 Å². The molecular formula is C12H15N3. The van der Waals surface area contributed by atoms with E-state index in [1.54, 1.807) is 0 Å². The van der Waals surface area contributed by atoms with Gasteiger partial charge in [0.15, 0.2) is 0 Å². The van der Waals surface area contributed by atoms with Gasteiger partial charge in [-0.05, 0) is 38.1 Å². The monoisotopic (exact) mass is 201 g/mol. The summed E-state index contributed by atoms with van der Waals surface area (Å²) in [4.78, 5) is 4.49. The van der Waals surface area contributed by atoms with E-state index in [1.807, 2.05) is 18.2 Å². The lowest BCUT2D eigenvalue weighted by Gasteiger charge is -2.09. The molecule has 3 heteroatoms. The van der Waals surface area contributed by atoms with Crippen LogP contribution >= 0.6 is 0 Å². The second-order valence-corrected chi connectivity index (χ2v) is 3.64. The second kappa shape index (κ2) is 3.87. The average molecular weight is 201 g/mol. The molecule has 0 aliphatic rings. The summed E-state index contributed by atoms with van der Waals surface area (Å²) < 4.78 is 2.12. The number of rotatable bonds is 2. The highest BCUT2D eigenvalue weighted by molar-refractivity contribution is 5.32. The van der Waals surface area contributed by atoms with Gasteiger partial charge in [-0.1, -0.05) is 6.07 Å². The van der Waals surface area contributed by atoms with Crippen LogP contribution in [-0.2, 0) is 6.54 Å². The average Bonchev–Trinajstić information content (AvgIpc) is 2.59. The lowest BCUT2D eigenvalue weighted by Crippen LogP contribution is -2.05. The van der Waals surface area contributed by atoms with Gasteiger partial charge in [-0.3, -0.25) is 0 Å². The fraction of sp³-hybridized carbons (Fsp3) is 0.250. The van der Waals surface area contributed by atoms with Gasteiger partial charge < -0.3 is 10.3 Å². The Morgan fingerprint density at radius 2 is 1.80 bits per heavy atom. The molecule has 78 valence electrons. The van der Waals surface area contributed by atoms with E-state index in [-0.39, 0.29) is 0 Å². The first-order valence-electron chi connectivity index (χ1n) is 5.03. The van der Waals surface area contributed by atoms with Crippen molar-refractivity contribution in [2.45, 2.75) is 20.4 Å². The van der Waals surface area contributed by atoms with Crippen LogP contribution in [0.4, 0.5) is 0 Å². The van der Waals surface area contributed by atoms with Gasteiger partial charge in [0.2, 0.25) is 0 Å². The van der Waals surface area contributed by atoms with Crippen LogP contribution in [0.15, 0.2) is 30.3 Å². The van der Waals surface area contributed by atoms with Gasteiger partial charge >= 0.3 is 0 Å². The molecule has 0 spiro atoms. The van der Waals surface area contributed by atoms with Crippen molar-refractivity contribution in [1.82, 2.24) is 9.55 Å². The Hall–Kier alpha value is -1.61. The van der Waals surface area contributed by atoms with Crippen molar-refractivity contribution < 1.29 is 0 Å². The van der Waals surface area contributed by atoms with Crippen LogP contribution < -0.4 is 5.73 Å². The lowest BCUT2D eigenvalue weighted by atomic mass is 10.3. The standard InChI is InChI=1S/C12H15N3/c1-9-6-7-10(2)15(9)12-5-3-4-11(8-13)14-12/h3-7H,8,13H2,1-2H3. The lowest BCUT2D eigenvalue weighted by molar-refractivity contribution is 0.887. The van der Waals surface area contributed by atoms with E-state index in [4.69, 9.17) is 5.73 Å². The Labute approximate surface area is 89.6 Å². The maximum absolute atomic E-state index is 5.58. The highest BCUT2D eigenvalue weighted by Gasteiger charge is 2.04. The molecule has 2 rings (SSSR count). The minimum atomic E-state index is 0.479.